The van der Waals surface area contributed by atoms with Crippen molar-refractivity contribution in [2.24, 2.45) is 11.0 Å². The molecule has 0 spiro atoms. The molecule has 1 aromatic carbocycles. The molecule has 0 aliphatic carbocycles. The highest BCUT2D eigenvalue weighted by molar-refractivity contribution is 5.87. The fourth-order valence-corrected chi connectivity index (χ4v) is 1.48. The van der Waals surface area contributed by atoms with E-state index in [0.29, 0.717) is 5.92 Å². The fourth-order valence-electron chi connectivity index (χ4n) is 1.48. The summed E-state index contributed by atoms with van der Waals surface area (Å²) >= 11 is 0. The van der Waals surface area contributed by atoms with E-state index in [9.17, 15) is 0 Å². The lowest BCUT2D eigenvalue weighted by Crippen LogP contribution is -2.16. The Kier molecular flexibility index (Phi) is 2.05. The number of nitrogens with zero attached hydrogens (tertiary/aromatic N) is 2. The molecule has 2 rings (SSSR count). The summed E-state index contributed by atoms with van der Waals surface area (Å²) in [4.78, 5) is 0. The first-order valence-corrected chi connectivity index (χ1v) is 4.65. The van der Waals surface area contributed by atoms with Gasteiger partial charge in [-0.25, -0.2) is 0 Å². The minimum absolute atomic E-state index is 0.584. The smallest absolute Gasteiger partial charge is 0.0594 e. The van der Waals surface area contributed by atoms with Gasteiger partial charge in [0, 0.05) is 18.2 Å². The molecule has 1 aromatic rings. The number of anilines is 1. The SMILES string of the molecule is CC1=NN(c2ccccc2)CC1C. The van der Waals surface area contributed by atoms with Crippen molar-refractivity contribution in [2.45, 2.75) is 13.8 Å². The van der Waals surface area contributed by atoms with E-state index in [4.69, 9.17) is 0 Å². The van der Waals surface area contributed by atoms with Gasteiger partial charge in [-0.15, -0.1) is 0 Å². The van der Waals surface area contributed by atoms with Crippen molar-refractivity contribution in [3.63, 3.8) is 0 Å². The Morgan fingerprint density at radius 1 is 1.31 bits per heavy atom. The van der Waals surface area contributed by atoms with E-state index in [-0.39, 0.29) is 0 Å². The van der Waals surface area contributed by atoms with Crippen LogP contribution in [0, 0.1) is 5.92 Å². The van der Waals surface area contributed by atoms with Crippen LogP contribution in [0.5, 0.6) is 0 Å². The molecule has 0 fully saturated rings. The molecule has 1 aliphatic heterocycles. The highest BCUT2D eigenvalue weighted by Crippen LogP contribution is 2.21. The van der Waals surface area contributed by atoms with Gasteiger partial charge >= 0.3 is 0 Å². The van der Waals surface area contributed by atoms with Crippen LogP contribution in [0.25, 0.3) is 0 Å². The summed E-state index contributed by atoms with van der Waals surface area (Å²) in [6.07, 6.45) is 0. The van der Waals surface area contributed by atoms with E-state index >= 15 is 0 Å². The number of rotatable bonds is 1. The largest absolute Gasteiger partial charge is 0.265 e. The molecule has 1 unspecified atom stereocenters. The van der Waals surface area contributed by atoms with Gasteiger partial charge in [0.15, 0.2) is 0 Å². The Hall–Kier alpha value is -1.31. The van der Waals surface area contributed by atoms with Crippen molar-refractivity contribution in [2.75, 3.05) is 11.6 Å². The lowest BCUT2D eigenvalue weighted by Gasteiger charge is -2.13. The van der Waals surface area contributed by atoms with Gasteiger partial charge in [-0.1, -0.05) is 25.1 Å². The van der Waals surface area contributed by atoms with Gasteiger partial charge in [0.05, 0.1) is 5.69 Å². The fraction of sp³-hybridized carbons (Fsp3) is 0.364. The topological polar surface area (TPSA) is 15.6 Å². The average molecular weight is 174 g/mol. The summed E-state index contributed by atoms with van der Waals surface area (Å²) in [7, 11) is 0. The Balaban J connectivity index is 2.22. The molecule has 0 bridgehead atoms. The maximum absolute atomic E-state index is 4.49. The van der Waals surface area contributed by atoms with Crippen LogP contribution >= 0.6 is 0 Å². The summed E-state index contributed by atoms with van der Waals surface area (Å²) in [5.41, 5.74) is 2.41. The minimum atomic E-state index is 0.584. The highest BCUT2D eigenvalue weighted by Gasteiger charge is 2.19. The first-order valence-electron chi connectivity index (χ1n) is 4.65. The van der Waals surface area contributed by atoms with Gasteiger partial charge in [0.1, 0.15) is 0 Å². The molecule has 0 aromatic heterocycles. The standard InChI is InChI=1S/C11H14N2/c1-9-8-13(12-10(9)2)11-6-4-3-5-7-11/h3-7,9H,8H2,1-2H3. The second-order valence-electron chi connectivity index (χ2n) is 3.56. The second-order valence-corrected chi connectivity index (χ2v) is 3.56. The number of hydrogen-bond acceptors (Lipinski definition) is 2. The number of para-hydroxylation sites is 1. The Labute approximate surface area is 78.9 Å². The van der Waals surface area contributed by atoms with Crippen molar-refractivity contribution in [3.8, 4) is 0 Å². The molecule has 1 aliphatic rings. The Morgan fingerprint density at radius 3 is 2.54 bits per heavy atom. The third-order valence-corrected chi connectivity index (χ3v) is 2.49. The molecule has 1 atom stereocenters. The average Bonchev–Trinajstić information content (AvgIpc) is 2.49. The van der Waals surface area contributed by atoms with E-state index in [2.05, 4.69) is 36.1 Å². The van der Waals surface area contributed by atoms with Gasteiger partial charge in [-0.2, -0.15) is 5.10 Å². The quantitative estimate of drug-likeness (QED) is 0.638. The zero-order valence-electron chi connectivity index (χ0n) is 8.07. The van der Waals surface area contributed by atoms with Gasteiger partial charge in [-0.05, 0) is 19.1 Å². The van der Waals surface area contributed by atoms with E-state index < -0.39 is 0 Å². The molecule has 1 heterocycles. The molecule has 0 saturated heterocycles. The molecule has 0 N–H and O–H groups in total. The molecule has 0 saturated carbocycles. The summed E-state index contributed by atoms with van der Waals surface area (Å²) in [5.74, 6) is 0.584. The van der Waals surface area contributed by atoms with Crippen LogP contribution in [0.4, 0.5) is 5.69 Å². The van der Waals surface area contributed by atoms with Crippen molar-refractivity contribution in [3.05, 3.63) is 30.3 Å². The van der Waals surface area contributed by atoms with Crippen molar-refractivity contribution in [1.29, 1.82) is 0 Å². The third kappa shape index (κ3) is 1.57. The molecule has 68 valence electrons. The molecule has 0 amide bonds. The van der Waals surface area contributed by atoms with E-state index in [0.717, 1.165) is 6.54 Å². The van der Waals surface area contributed by atoms with Gasteiger partial charge in [0.2, 0.25) is 0 Å². The van der Waals surface area contributed by atoms with Crippen LogP contribution in [-0.4, -0.2) is 12.3 Å². The predicted octanol–water partition coefficient (Wildman–Crippen LogP) is 2.52. The van der Waals surface area contributed by atoms with Crippen LogP contribution in [0.1, 0.15) is 13.8 Å². The first-order chi connectivity index (χ1) is 6.27. The number of hydrazone groups is 1. The highest BCUT2D eigenvalue weighted by atomic mass is 15.5. The number of hydrogen-bond donors (Lipinski definition) is 0. The zero-order chi connectivity index (χ0) is 9.26. The third-order valence-electron chi connectivity index (χ3n) is 2.49. The Morgan fingerprint density at radius 2 is 2.00 bits per heavy atom. The second kappa shape index (κ2) is 3.21. The summed E-state index contributed by atoms with van der Waals surface area (Å²) < 4.78 is 0. The van der Waals surface area contributed by atoms with Crippen LogP contribution in [0.3, 0.4) is 0 Å². The monoisotopic (exact) mass is 174 g/mol. The predicted molar refractivity (Wildman–Crippen MR) is 56.1 cm³/mol. The van der Waals surface area contributed by atoms with Gasteiger partial charge in [0.25, 0.3) is 0 Å². The maximum atomic E-state index is 4.49. The van der Waals surface area contributed by atoms with Crippen LogP contribution < -0.4 is 5.01 Å². The van der Waals surface area contributed by atoms with Crippen LogP contribution in [0.15, 0.2) is 35.4 Å². The van der Waals surface area contributed by atoms with E-state index in [1.54, 1.807) is 0 Å². The lowest BCUT2D eigenvalue weighted by molar-refractivity contribution is 0.774. The first kappa shape index (κ1) is 8.30. The summed E-state index contributed by atoms with van der Waals surface area (Å²) in [6, 6.07) is 10.3. The van der Waals surface area contributed by atoms with Crippen LogP contribution in [0.2, 0.25) is 0 Å². The van der Waals surface area contributed by atoms with Crippen molar-refractivity contribution < 1.29 is 0 Å². The van der Waals surface area contributed by atoms with Crippen LogP contribution in [-0.2, 0) is 0 Å². The van der Waals surface area contributed by atoms with E-state index in [1.165, 1.54) is 11.4 Å². The summed E-state index contributed by atoms with van der Waals surface area (Å²) in [5, 5.41) is 6.56. The molecule has 13 heavy (non-hydrogen) atoms. The van der Waals surface area contributed by atoms with Crippen molar-refractivity contribution in [1.82, 2.24) is 0 Å². The Bertz CT molecular complexity index is 316. The maximum Gasteiger partial charge on any atom is 0.0594 e. The lowest BCUT2D eigenvalue weighted by atomic mass is 10.1. The zero-order valence-corrected chi connectivity index (χ0v) is 8.07. The normalized spacial score (nSPS) is 21.8. The van der Waals surface area contributed by atoms with E-state index in [1.807, 2.05) is 18.2 Å². The molecular weight excluding hydrogens is 160 g/mol. The minimum Gasteiger partial charge on any atom is -0.265 e. The summed E-state index contributed by atoms with van der Waals surface area (Å²) in [6.45, 7) is 5.31. The molecular formula is C11H14N2. The van der Waals surface area contributed by atoms with Gasteiger partial charge < -0.3 is 0 Å². The number of benzene rings is 1. The molecule has 0 radical (unpaired) electrons. The van der Waals surface area contributed by atoms with Gasteiger partial charge in [-0.3, -0.25) is 5.01 Å². The van der Waals surface area contributed by atoms with Crippen molar-refractivity contribution >= 4 is 11.4 Å². The molecule has 2 heteroatoms. The molecule has 2 nitrogen and oxygen atoms in total.